The van der Waals surface area contributed by atoms with Gasteiger partial charge in [-0.3, -0.25) is 4.79 Å². The van der Waals surface area contributed by atoms with Crippen LogP contribution < -0.4 is 11.3 Å². The van der Waals surface area contributed by atoms with Crippen molar-refractivity contribution in [3.8, 4) is 11.3 Å². The lowest BCUT2D eigenvalue weighted by atomic mass is 10.1. The Morgan fingerprint density at radius 3 is 2.47 bits per heavy atom. The highest BCUT2D eigenvalue weighted by Crippen LogP contribution is 2.19. The van der Waals surface area contributed by atoms with Crippen LogP contribution in [-0.2, 0) is 13.6 Å². The Hall–Kier alpha value is -1.87. The zero-order valence-electron chi connectivity index (χ0n) is 10.1. The fourth-order valence-corrected chi connectivity index (χ4v) is 2.00. The molecule has 0 aliphatic heterocycles. The SMILES string of the molecule is Cc1cc(-c2ccccc2)n(C)c(=O)c1CN. The molecule has 0 unspecified atom stereocenters. The molecule has 0 amide bonds. The van der Waals surface area contributed by atoms with E-state index in [1.807, 2.05) is 43.3 Å². The van der Waals surface area contributed by atoms with Crippen LogP contribution in [0.3, 0.4) is 0 Å². The number of pyridine rings is 1. The molecule has 2 aromatic rings. The van der Waals surface area contributed by atoms with Gasteiger partial charge in [0.25, 0.3) is 5.56 Å². The van der Waals surface area contributed by atoms with E-state index in [0.717, 1.165) is 16.8 Å². The molecule has 3 nitrogen and oxygen atoms in total. The smallest absolute Gasteiger partial charge is 0.255 e. The summed E-state index contributed by atoms with van der Waals surface area (Å²) in [4.78, 5) is 12.1. The first-order valence-corrected chi connectivity index (χ1v) is 5.60. The van der Waals surface area contributed by atoms with Crippen molar-refractivity contribution >= 4 is 0 Å². The zero-order valence-corrected chi connectivity index (χ0v) is 10.1. The summed E-state index contributed by atoms with van der Waals surface area (Å²) in [5.41, 5.74) is 9.19. The van der Waals surface area contributed by atoms with Crippen molar-refractivity contribution in [3.05, 3.63) is 57.9 Å². The number of nitrogens with zero attached hydrogens (tertiary/aromatic N) is 1. The van der Waals surface area contributed by atoms with Crippen molar-refractivity contribution in [2.75, 3.05) is 0 Å². The molecule has 0 bridgehead atoms. The van der Waals surface area contributed by atoms with Crippen LogP contribution in [0.4, 0.5) is 0 Å². The number of benzene rings is 1. The summed E-state index contributed by atoms with van der Waals surface area (Å²) in [7, 11) is 1.78. The Morgan fingerprint density at radius 2 is 1.88 bits per heavy atom. The largest absolute Gasteiger partial charge is 0.326 e. The summed E-state index contributed by atoms with van der Waals surface area (Å²) in [5.74, 6) is 0. The number of hydrogen-bond donors (Lipinski definition) is 1. The standard InChI is InChI=1S/C14H16N2O/c1-10-8-13(11-6-4-3-5-7-11)16(2)14(17)12(10)9-15/h3-8H,9,15H2,1-2H3. The molecule has 0 radical (unpaired) electrons. The van der Waals surface area contributed by atoms with Crippen LogP contribution in [0.5, 0.6) is 0 Å². The van der Waals surface area contributed by atoms with E-state index in [0.29, 0.717) is 5.56 Å². The number of nitrogens with two attached hydrogens (primary N) is 1. The Balaban J connectivity index is 2.70. The van der Waals surface area contributed by atoms with E-state index in [9.17, 15) is 4.79 Å². The zero-order chi connectivity index (χ0) is 12.4. The highest BCUT2D eigenvalue weighted by atomic mass is 16.1. The first-order valence-electron chi connectivity index (χ1n) is 5.60. The molecule has 0 aliphatic carbocycles. The topological polar surface area (TPSA) is 48.0 Å². The quantitative estimate of drug-likeness (QED) is 0.852. The molecule has 0 atom stereocenters. The van der Waals surface area contributed by atoms with E-state index in [4.69, 9.17) is 5.73 Å². The lowest BCUT2D eigenvalue weighted by Gasteiger charge is -2.12. The van der Waals surface area contributed by atoms with E-state index >= 15 is 0 Å². The van der Waals surface area contributed by atoms with Gasteiger partial charge in [0.2, 0.25) is 0 Å². The van der Waals surface area contributed by atoms with Crippen LogP contribution in [-0.4, -0.2) is 4.57 Å². The summed E-state index contributed by atoms with van der Waals surface area (Å²) in [6.07, 6.45) is 0. The van der Waals surface area contributed by atoms with Crippen molar-refractivity contribution in [2.24, 2.45) is 12.8 Å². The van der Waals surface area contributed by atoms with Gasteiger partial charge in [0.15, 0.2) is 0 Å². The van der Waals surface area contributed by atoms with E-state index in [2.05, 4.69) is 0 Å². The molecule has 88 valence electrons. The average molecular weight is 228 g/mol. The summed E-state index contributed by atoms with van der Waals surface area (Å²) in [6.45, 7) is 2.21. The number of hydrogen-bond acceptors (Lipinski definition) is 2. The van der Waals surface area contributed by atoms with Crippen LogP contribution >= 0.6 is 0 Å². The Bertz CT molecular complexity index is 585. The molecule has 0 saturated carbocycles. The molecule has 2 rings (SSSR count). The molecule has 1 aromatic heterocycles. The predicted molar refractivity (Wildman–Crippen MR) is 69.7 cm³/mol. The van der Waals surface area contributed by atoms with Gasteiger partial charge in [-0.15, -0.1) is 0 Å². The summed E-state index contributed by atoms with van der Waals surface area (Å²) in [6, 6.07) is 11.9. The molecule has 17 heavy (non-hydrogen) atoms. The predicted octanol–water partition coefficient (Wildman–Crippen LogP) is 1.82. The minimum atomic E-state index is -0.00801. The molecule has 0 aliphatic rings. The van der Waals surface area contributed by atoms with Gasteiger partial charge in [-0.1, -0.05) is 30.3 Å². The monoisotopic (exact) mass is 228 g/mol. The first kappa shape index (κ1) is 11.6. The van der Waals surface area contributed by atoms with Gasteiger partial charge in [0, 0.05) is 19.2 Å². The highest BCUT2D eigenvalue weighted by molar-refractivity contribution is 5.60. The molecular weight excluding hydrogens is 212 g/mol. The van der Waals surface area contributed by atoms with Crippen LogP contribution in [0, 0.1) is 6.92 Å². The van der Waals surface area contributed by atoms with E-state index in [1.54, 1.807) is 11.6 Å². The van der Waals surface area contributed by atoms with Gasteiger partial charge in [-0.05, 0) is 24.1 Å². The number of aromatic nitrogens is 1. The van der Waals surface area contributed by atoms with Crippen LogP contribution in [0.15, 0.2) is 41.2 Å². The van der Waals surface area contributed by atoms with Crippen LogP contribution in [0.1, 0.15) is 11.1 Å². The van der Waals surface area contributed by atoms with E-state index < -0.39 is 0 Å². The molecule has 0 spiro atoms. The molecular formula is C14H16N2O. The van der Waals surface area contributed by atoms with Crippen LogP contribution in [0.2, 0.25) is 0 Å². The average Bonchev–Trinajstić information content (AvgIpc) is 2.35. The molecule has 0 saturated heterocycles. The summed E-state index contributed by atoms with van der Waals surface area (Å²) >= 11 is 0. The summed E-state index contributed by atoms with van der Waals surface area (Å²) < 4.78 is 1.66. The highest BCUT2D eigenvalue weighted by Gasteiger charge is 2.09. The normalized spacial score (nSPS) is 10.5. The molecule has 1 aromatic carbocycles. The van der Waals surface area contributed by atoms with Gasteiger partial charge >= 0.3 is 0 Å². The van der Waals surface area contributed by atoms with E-state index in [1.165, 1.54) is 0 Å². The van der Waals surface area contributed by atoms with Gasteiger partial charge in [0.1, 0.15) is 0 Å². The van der Waals surface area contributed by atoms with Crippen molar-refractivity contribution in [3.63, 3.8) is 0 Å². The first-order chi connectivity index (χ1) is 8.15. The fraction of sp³-hybridized carbons (Fsp3) is 0.214. The van der Waals surface area contributed by atoms with Crippen molar-refractivity contribution < 1.29 is 0 Å². The minimum Gasteiger partial charge on any atom is -0.326 e. The molecule has 2 N–H and O–H groups in total. The Labute approximate surface area is 101 Å². The van der Waals surface area contributed by atoms with Crippen molar-refractivity contribution in [2.45, 2.75) is 13.5 Å². The van der Waals surface area contributed by atoms with Gasteiger partial charge in [-0.2, -0.15) is 0 Å². The Kier molecular flexibility index (Phi) is 3.11. The second kappa shape index (κ2) is 4.55. The van der Waals surface area contributed by atoms with Crippen LogP contribution in [0.25, 0.3) is 11.3 Å². The maximum atomic E-state index is 12.1. The second-order valence-corrected chi connectivity index (χ2v) is 4.13. The van der Waals surface area contributed by atoms with Crippen molar-refractivity contribution in [1.82, 2.24) is 4.57 Å². The molecule has 0 fully saturated rings. The lowest BCUT2D eigenvalue weighted by Crippen LogP contribution is -2.25. The third kappa shape index (κ3) is 2.01. The fourth-order valence-electron chi connectivity index (χ4n) is 2.00. The number of aryl methyl sites for hydroxylation is 1. The third-order valence-corrected chi connectivity index (χ3v) is 3.03. The number of rotatable bonds is 2. The maximum absolute atomic E-state index is 12.1. The van der Waals surface area contributed by atoms with Gasteiger partial charge in [0.05, 0.1) is 5.69 Å². The lowest BCUT2D eigenvalue weighted by molar-refractivity contribution is 0.831. The van der Waals surface area contributed by atoms with Gasteiger partial charge in [-0.25, -0.2) is 0 Å². The van der Waals surface area contributed by atoms with E-state index in [-0.39, 0.29) is 12.1 Å². The second-order valence-electron chi connectivity index (χ2n) is 4.13. The molecule has 3 heteroatoms. The maximum Gasteiger partial charge on any atom is 0.255 e. The third-order valence-electron chi connectivity index (χ3n) is 3.03. The van der Waals surface area contributed by atoms with Gasteiger partial charge < -0.3 is 10.3 Å². The summed E-state index contributed by atoms with van der Waals surface area (Å²) in [5, 5.41) is 0. The minimum absolute atomic E-state index is 0.00801. The Morgan fingerprint density at radius 1 is 1.24 bits per heavy atom. The molecule has 1 heterocycles. The van der Waals surface area contributed by atoms with Crippen molar-refractivity contribution in [1.29, 1.82) is 0 Å².